The van der Waals surface area contributed by atoms with Crippen LogP contribution in [0.15, 0.2) is 261 Å². The molecule has 12 aromatic rings. The molecule has 0 unspecified atom stereocenters. The van der Waals surface area contributed by atoms with Crippen LogP contribution < -0.4 is 9.80 Å². The predicted molar refractivity (Wildman–Crippen MR) is 296 cm³/mol. The summed E-state index contributed by atoms with van der Waals surface area (Å²) in [6.07, 6.45) is 0. The highest BCUT2D eigenvalue weighted by Crippen LogP contribution is 2.52. The van der Waals surface area contributed by atoms with E-state index < -0.39 is 0 Å². The van der Waals surface area contributed by atoms with Crippen molar-refractivity contribution in [2.45, 2.75) is 19.3 Å². The first kappa shape index (κ1) is 41.3. The Labute approximate surface area is 409 Å². The van der Waals surface area contributed by atoms with E-state index in [1.807, 2.05) is 0 Å². The normalized spacial score (nSPS) is 12.5. The molecule has 0 bridgehead atoms. The lowest BCUT2D eigenvalue weighted by atomic mass is 9.82. The highest BCUT2D eigenvalue weighted by atomic mass is 15.2. The summed E-state index contributed by atoms with van der Waals surface area (Å²) in [6, 6.07) is 95.5. The maximum Gasteiger partial charge on any atom is 0.0541 e. The first-order valence-corrected chi connectivity index (χ1v) is 24.3. The van der Waals surface area contributed by atoms with Gasteiger partial charge in [-0.3, -0.25) is 0 Å². The Hall–Kier alpha value is -8.92. The summed E-state index contributed by atoms with van der Waals surface area (Å²) < 4.78 is 2.41. The number of nitrogens with zero attached hydrogens (tertiary/aromatic N) is 3. The van der Waals surface area contributed by atoms with Crippen molar-refractivity contribution in [2.24, 2.45) is 0 Å². The van der Waals surface area contributed by atoms with Crippen molar-refractivity contribution in [3.05, 3.63) is 272 Å². The van der Waals surface area contributed by atoms with Gasteiger partial charge in [-0.25, -0.2) is 0 Å². The van der Waals surface area contributed by atoms with E-state index in [-0.39, 0.29) is 5.41 Å². The largest absolute Gasteiger partial charge is 0.310 e. The third-order valence-corrected chi connectivity index (χ3v) is 14.5. The van der Waals surface area contributed by atoms with Crippen LogP contribution in [-0.4, -0.2) is 4.57 Å². The maximum absolute atomic E-state index is 2.43. The summed E-state index contributed by atoms with van der Waals surface area (Å²) in [4.78, 5) is 4.86. The quantitative estimate of drug-likeness (QED) is 0.143. The standard InChI is InChI=1S/C67H49N3/c1-67(2)62-28-16-14-26-57(62)58-39-37-56(45-63(58)67)68(51-22-8-4-9-23-51)55-38-41-65(69(52-24-10-5-11-25-52)54-36-32-47-20-12-13-21-49(47)42-54)60(44-55)50-33-40-66-61(43-50)59-27-15-17-29-64(59)70(66)53-34-30-48(31-35-53)46-18-6-3-7-19-46/h3-45H,1-2H3. The molecule has 0 fully saturated rings. The first-order chi connectivity index (χ1) is 34.5. The minimum atomic E-state index is -0.145. The molecule has 0 saturated carbocycles. The molecule has 70 heavy (non-hydrogen) atoms. The number of para-hydroxylation sites is 3. The summed E-state index contributed by atoms with van der Waals surface area (Å²) in [6.45, 7) is 4.72. The SMILES string of the molecule is CC1(C)c2ccccc2-c2ccc(N(c3ccccc3)c3ccc(N(c4ccccc4)c4ccc5ccccc5c4)c(-c4ccc5c(c4)c4ccccc4n5-c4ccc(-c5ccccc5)cc4)c3)cc21. The van der Waals surface area contributed by atoms with Gasteiger partial charge in [0, 0.05) is 55.9 Å². The lowest BCUT2D eigenvalue weighted by molar-refractivity contribution is 0.660. The maximum atomic E-state index is 2.43. The van der Waals surface area contributed by atoms with Crippen LogP contribution >= 0.6 is 0 Å². The molecule has 11 aromatic carbocycles. The van der Waals surface area contributed by atoms with Crippen LogP contribution in [0.25, 0.3) is 71.6 Å². The second-order valence-corrected chi connectivity index (χ2v) is 19.0. The molecule has 1 heterocycles. The van der Waals surface area contributed by atoms with Gasteiger partial charge in [0.25, 0.3) is 0 Å². The van der Waals surface area contributed by atoms with E-state index in [0.29, 0.717) is 0 Å². The monoisotopic (exact) mass is 895 g/mol. The molecule has 3 heteroatoms. The molecule has 1 aromatic heterocycles. The zero-order chi connectivity index (χ0) is 46.8. The highest BCUT2D eigenvalue weighted by molar-refractivity contribution is 6.11. The van der Waals surface area contributed by atoms with E-state index in [0.717, 1.165) is 56.5 Å². The fourth-order valence-corrected chi connectivity index (χ4v) is 11.1. The van der Waals surface area contributed by atoms with E-state index in [2.05, 4.69) is 289 Å². The number of hydrogen-bond acceptors (Lipinski definition) is 2. The van der Waals surface area contributed by atoms with E-state index in [4.69, 9.17) is 0 Å². The molecule has 0 aliphatic heterocycles. The van der Waals surface area contributed by atoms with Crippen LogP contribution in [0, 0.1) is 0 Å². The second kappa shape index (κ2) is 16.7. The molecule has 0 saturated heterocycles. The van der Waals surface area contributed by atoms with Crippen molar-refractivity contribution < 1.29 is 0 Å². The molecule has 332 valence electrons. The smallest absolute Gasteiger partial charge is 0.0541 e. The van der Waals surface area contributed by atoms with Gasteiger partial charge in [-0.1, -0.05) is 178 Å². The highest BCUT2D eigenvalue weighted by Gasteiger charge is 2.36. The molecule has 13 rings (SSSR count). The van der Waals surface area contributed by atoms with Gasteiger partial charge >= 0.3 is 0 Å². The Morgan fingerprint density at radius 1 is 0.314 bits per heavy atom. The number of benzene rings is 11. The second-order valence-electron chi connectivity index (χ2n) is 19.0. The Kier molecular flexibility index (Phi) is 9.85. The van der Waals surface area contributed by atoms with Gasteiger partial charge < -0.3 is 14.4 Å². The molecular formula is C67H49N3. The average molecular weight is 896 g/mol. The van der Waals surface area contributed by atoms with E-state index >= 15 is 0 Å². The van der Waals surface area contributed by atoms with Crippen LogP contribution in [0.2, 0.25) is 0 Å². The van der Waals surface area contributed by atoms with Crippen molar-refractivity contribution in [3.63, 3.8) is 0 Å². The molecule has 0 amide bonds. The molecule has 1 aliphatic carbocycles. The number of anilines is 6. The summed E-state index contributed by atoms with van der Waals surface area (Å²) >= 11 is 0. The van der Waals surface area contributed by atoms with Gasteiger partial charge in [-0.2, -0.15) is 0 Å². The topological polar surface area (TPSA) is 11.4 Å². The van der Waals surface area contributed by atoms with Gasteiger partial charge in [0.1, 0.15) is 0 Å². The van der Waals surface area contributed by atoms with Gasteiger partial charge in [-0.15, -0.1) is 0 Å². The van der Waals surface area contributed by atoms with Crippen molar-refractivity contribution in [3.8, 4) is 39.1 Å². The fourth-order valence-electron chi connectivity index (χ4n) is 11.1. The zero-order valence-corrected chi connectivity index (χ0v) is 39.2. The lowest BCUT2D eigenvalue weighted by Gasteiger charge is -2.31. The van der Waals surface area contributed by atoms with Crippen molar-refractivity contribution in [2.75, 3.05) is 9.80 Å². The van der Waals surface area contributed by atoms with Crippen LogP contribution in [0.5, 0.6) is 0 Å². The molecule has 0 radical (unpaired) electrons. The Balaban J connectivity index is 1.03. The van der Waals surface area contributed by atoms with Crippen molar-refractivity contribution in [1.29, 1.82) is 0 Å². The minimum absolute atomic E-state index is 0.145. The summed E-state index contributed by atoms with van der Waals surface area (Å²) in [5.74, 6) is 0. The Morgan fingerprint density at radius 2 is 0.871 bits per heavy atom. The van der Waals surface area contributed by atoms with Crippen LogP contribution in [0.3, 0.4) is 0 Å². The van der Waals surface area contributed by atoms with E-state index in [1.54, 1.807) is 0 Å². The summed E-state index contributed by atoms with van der Waals surface area (Å²) in [5.41, 5.74) is 19.9. The van der Waals surface area contributed by atoms with Gasteiger partial charge in [-0.05, 0) is 147 Å². The number of hydrogen-bond donors (Lipinski definition) is 0. The predicted octanol–water partition coefficient (Wildman–Crippen LogP) is 18.5. The molecule has 0 spiro atoms. The lowest BCUT2D eigenvalue weighted by Crippen LogP contribution is -2.17. The van der Waals surface area contributed by atoms with E-state index in [1.165, 1.54) is 60.4 Å². The first-order valence-electron chi connectivity index (χ1n) is 24.3. The number of aromatic nitrogens is 1. The van der Waals surface area contributed by atoms with E-state index in [9.17, 15) is 0 Å². The molecule has 0 N–H and O–H groups in total. The third-order valence-electron chi connectivity index (χ3n) is 14.5. The van der Waals surface area contributed by atoms with Crippen LogP contribution in [-0.2, 0) is 5.41 Å². The molecular weight excluding hydrogens is 847 g/mol. The van der Waals surface area contributed by atoms with Crippen molar-refractivity contribution >= 4 is 66.7 Å². The summed E-state index contributed by atoms with van der Waals surface area (Å²) in [7, 11) is 0. The zero-order valence-electron chi connectivity index (χ0n) is 39.2. The van der Waals surface area contributed by atoms with Gasteiger partial charge in [0.15, 0.2) is 0 Å². The summed E-state index contributed by atoms with van der Waals surface area (Å²) in [5, 5.41) is 4.83. The average Bonchev–Trinajstić information content (AvgIpc) is 3.87. The number of rotatable bonds is 9. The molecule has 0 atom stereocenters. The van der Waals surface area contributed by atoms with Gasteiger partial charge in [0.2, 0.25) is 0 Å². The Bertz CT molecular complexity index is 3910. The Morgan fingerprint density at radius 3 is 1.66 bits per heavy atom. The number of fused-ring (bicyclic) bond motifs is 7. The fraction of sp³-hybridized carbons (Fsp3) is 0.0448. The van der Waals surface area contributed by atoms with Crippen LogP contribution in [0.1, 0.15) is 25.0 Å². The third kappa shape index (κ3) is 6.89. The molecule has 3 nitrogen and oxygen atoms in total. The minimum Gasteiger partial charge on any atom is -0.310 e. The van der Waals surface area contributed by atoms with Crippen molar-refractivity contribution in [1.82, 2.24) is 4.57 Å². The molecule has 1 aliphatic rings. The van der Waals surface area contributed by atoms with Crippen LogP contribution in [0.4, 0.5) is 34.1 Å². The van der Waals surface area contributed by atoms with Gasteiger partial charge in [0.05, 0.1) is 16.7 Å².